The van der Waals surface area contributed by atoms with E-state index in [2.05, 4.69) is 4.99 Å². The number of carbonyl (C=O) groups is 2. The van der Waals surface area contributed by atoms with E-state index in [0.29, 0.717) is 11.5 Å². The zero-order valence-electron chi connectivity index (χ0n) is 16.3. The molecule has 0 radical (unpaired) electrons. The Kier molecular flexibility index (Phi) is 5.78. The SMILES string of the molecule is Cc1cccc(C(=O)N2CCC(c3ccc(C(=O)N=C(N)N)cc3C)CC2)c1. The average Bonchev–Trinajstić information content (AvgIpc) is 2.67. The van der Waals surface area contributed by atoms with E-state index in [1.165, 1.54) is 5.56 Å². The maximum atomic E-state index is 12.7. The minimum Gasteiger partial charge on any atom is -0.370 e. The van der Waals surface area contributed by atoms with Crippen LogP contribution in [0.1, 0.15) is 56.2 Å². The fraction of sp³-hybridized carbons (Fsp3) is 0.318. The summed E-state index contributed by atoms with van der Waals surface area (Å²) in [6.45, 7) is 5.44. The quantitative estimate of drug-likeness (QED) is 0.633. The van der Waals surface area contributed by atoms with Crippen LogP contribution in [0.15, 0.2) is 47.5 Å². The van der Waals surface area contributed by atoms with Crippen molar-refractivity contribution in [2.24, 2.45) is 16.5 Å². The Balaban J connectivity index is 1.67. The lowest BCUT2D eigenvalue weighted by molar-refractivity contribution is 0.0712. The highest BCUT2D eigenvalue weighted by molar-refractivity contribution is 6.02. The lowest BCUT2D eigenvalue weighted by atomic mass is 9.86. The van der Waals surface area contributed by atoms with E-state index >= 15 is 0 Å². The molecule has 6 nitrogen and oxygen atoms in total. The molecule has 2 aromatic carbocycles. The van der Waals surface area contributed by atoms with E-state index in [1.54, 1.807) is 6.07 Å². The Morgan fingerprint density at radius 1 is 1.00 bits per heavy atom. The molecule has 0 spiro atoms. The molecule has 2 amide bonds. The van der Waals surface area contributed by atoms with E-state index < -0.39 is 5.91 Å². The third kappa shape index (κ3) is 4.39. The van der Waals surface area contributed by atoms with Crippen LogP contribution in [-0.2, 0) is 0 Å². The van der Waals surface area contributed by atoms with Crippen molar-refractivity contribution >= 4 is 17.8 Å². The summed E-state index contributed by atoms with van der Waals surface area (Å²) in [6.07, 6.45) is 1.80. The van der Waals surface area contributed by atoms with Gasteiger partial charge in [0.1, 0.15) is 0 Å². The van der Waals surface area contributed by atoms with Crippen molar-refractivity contribution in [3.05, 3.63) is 70.3 Å². The zero-order chi connectivity index (χ0) is 20.3. The number of amides is 2. The van der Waals surface area contributed by atoms with Gasteiger partial charge < -0.3 is 16.4 Å². The number of carbonyl (C=O) groups excluding carboxylic acids is 2. The Bertz CT molecular complexity index is 924. The van der Waals surface area contributed by atoms with Gasteiger partial charge in [0.05, 0.1) is 0 Å². The molecule has 28 heavy (non-hydrogen) atoms. The molecule has 6 heteroatoms. The summed E-state index contributed by atoms with van der Waals surface area (Å²) in [4.78, 5) is 30.2. The van der Waals surface area contributed by atoms with Crippen molar-refractivity contribution < 1.29 is 9.59 Å². The van der Waals surface area contributed by atoms with Crippen LogP contribution >= 0.6 is 0 Å². The van der Waals surface area contributed by atoms with Crippen molar-refractivity contribution in [3.63, 3.8) is 0 Å². The van der Waals surface area contributed by atoms with E-state index in [1.807, 2.05) is 55.1 Å². The van der Waals surface area contributed by atoms with Crippen LogP contribution in [0, 0.1) is 13.8 Å². The molecule has 0 bridgehead atoms. The topological polar surface area (TPSA) is 102 Å². The molecule has 0 unspecified atom stereocenters. The molecule has 3 rings (SSSR count). The van der Waals surface area contributed by atoms with E-state index in [9.17, 15) is 9.59 Å². The predicted molar refractivity (Wildman–Crippen MR) is 110 cm³/mol. The van der Waals surface area contributed by atoms with Gasteiger partial charge >= 0.3 is 0 Å². The first-order chi connectivity index (χ1) is 13.3. The minimum absolute atomic E-state index is 0.0945. The van der Waals surface area contributed by atoms with E-state index in [0.717, 1.165) is 42.6 Å². The molecule has 0 atom stereocenters. The van der Waals surface area contributed by atoms with Gasteiger partial charge in [-0.15, -0.1) is 0 Å². The summed E-state index contributed by atoms with van der Waals surface area (Å²) in [7, 11) is 0. The Morgan fingerprint density at radius 3 is 2.32 bits per heavy atom. The molecular weight excluding hydrogens is 352 g/mol. The van der Waals surface area contributed by atoms with Gasteiger partial charge in [0.2, 0.25) is 0 Å². The van der Waals surface area contributed by atoms with Gasteiger partial charge in [0.25, 0.3) is 11.8 Å². The van der Waals surface area contributed by atoms with Gasteiger partial charge in [0, 0.05) is 24.2 Å². The highest BCUT2D eigenvalue weighted by Crippen LogP contribution is 2.31. The molecule has 1 aliphatic rings. The summed E-state index contributed by atoms with van der Waals surface area (Å²) >= 11 is 0. The van der Waals surface area contributed by atoms with Crippen molar-refractivity contribution in [1.29, 1.82) is 0 Å². The average molecular weight is 378 g/mol. The first kappa shape index (κ1) is 19.6. The number of aliphatic imine (C=N–C) groups is 1. The number of nitrogens with two attached hydrogens (primary N) is 2. The van der Waals surface area contributed by atoms with Gasteiger partial charge in [-0.25, -0.2) is 0 Å². The van der Waals surface area contributed by atoms with Crippen LogP contribution < -0.4 is 11.5 Å². The summed E-state index contributed by atoms with van der Waals surface area (Å²) in [6, 6.07) is 13.3. The van der Waals surface area contributed by atoms with Crippen LogP contribution in [-0.4, -0.2) is 35.8 Å². The molecule has 4 N–H and O–H groups in total. The number of piperidine rings is 1. The second-order valence-electron chi connectivity index (χ2n) is 7.35. The maximum Gasteiger partial charge on any atom is 0.280 e. The second-order valence-corrected chi connectivity index (χ2v) is 7.35. The van der Waals surface area contributed by atoms with Crippen molar-refractivity contribution in [3.8, 4) is 0 Å². The van der Waals surface area contributed by atoms with Gasteiger partial charge in [-0.05, 0) is 68.0 Å². The smallest absolute Gasteiger partial charge is 0.280 e. The first-order valence-corrected chi connectivity index (χ1v) is 9.45. The Hall–Kier alpha value is -3.15. The Morgan fingerprint density at radius 2 is 1.71 bits per heavy atom. The summed E-state index contributed by atoms with van der Waals surface area (Å²) in [5.41, 5.74) is 15.1. The van der Waals surface area contributed by atoms with E-state index in [4.69, 9.17) is 11.5 Å². The molecule has 0 saturated carbocycles. The lowest BCUT2D eigenvalue weighted by Crippen LogP contribution is -2.38. The van der Waals surface area contributed by atoms with Crippen molar-refractivity contribution in [2.75, 3.05) is 13.1 Å². The molecule has 1 fully saturated rings. The zero-order valence-corrected chi connectivity index (χ0v) is 16.3. The van der Waals surface area contributed by atoms with Crippen LogP contribution in [0.4, 0.5) is 0 Å². The number of benzene rings is 2. The number of likely N-dealkylation sites (tertiary alicyclic amines) is 1. The number of rotatable bonds is 3. The Labute approximate surface area is 165 Å². The molecule has 2 aromatic rings. The fourth-order valence-corrected chi connectivity index (χ4v) is 3.80. The molecule has 1 aliphatic heterocycles. The maximum absolute atomic E-state index is 12.7. The monoisotopic (exact) mass is 378 g/mol. The molecule has 146 valence electrons. The molecule has 0 aliphatic carbocycles. The van der Waals surface area contributed by atoms with Crippen molar-refractivity contribution in [1.82, 2.24) is 4.90 Å². The van der Waals surface area contributed by atoms with Crippen LogP contribution in [0.25, 0.3) is 0 Å². The standard InChI is InChI=1S/C22H26N4O2/c1-14-4-3-5-18(12-14)21(28)26-10-8-16(9-11-26)19-7-6-17(13-15(19)2)20(27)25-22(23)24/h3-7,12-13,16H,8-11H2,1-2H3,(H4,23,24,25,27). The predicted octanol–water partition coefficient (Wildman–Crippen LogP) is 2.74. The molecule has 1 heterocycles. The summed E-state index contributed by atoms with van der Waals surface area (Å²) in [5.74, 6) is -0.212. The number of nitrogens with zero attached hydrogens (tertiary/aromatic N) is 2. The highest BCUT2D eigenvalue weighted by atomic mass is 16.2. The van der Waals surface area contributed by atoms with Gasteiger partial charge in [-0.3, -0.25) is 9.59 Å². The fourth-order valence-electron chi connectivity index (χ4n) is 3.80. The van der Waals surface area contributed by atoms with Crippen LogP contribution in [0.5, 0.6) is 0 Å². The van der Waals surface area contributed by atoms with E-state index in [-0.39, 0.29) is 11.9 Å². The largest absolute Gasteiger partial charge is 0.370 e. The number of hydrogen-bond acceptors (Lipinski definition) is 2. The van der Waals surface area contributed by atoms with Gasteiger partial charge in [0.15, 0.2) is 5.96 Å². The van der Waals surface area contributed by atoms with Crippen LogP contribution in [0.2, 0.25) is 0 Å². The molecule has 1 saturated heterocycles. The third-order valence-electron chi connectivity index (χ3n) is 5.23. The first-order valence-electron chi connectivity index (χ1n) is 9.45. The number of aryl methyl sites for hydroxylation is 2. The lowest BCUT2D eigenvalue weighted by Gasteiger charge is -2.33. The number of guanidine groups is 1. The van der Waals surface area contributed by atoms with Crippen LogP contribution in [0.3, 0.4) is 0 Å². The summed E-state index contributed by atoms with van der Waals surface area (Å²) in [5, 5.41) is 0. The molecule has 0 aromatic heterocycles. The normalized spacial score (nSPS) is 14.6. The third-order valence-corrected chi connectivity index (χ3v) is 5.23. The minimum atomic E-state index is -0.437. The number of hydrogen-bond donors (Lipinski definition) is 2. The van der Waals surface area contributed by atoms with Crippen molar-refractivity contribution in [2.45, 2.75) is 32.6 Å². The van der Waals surface area contributed by atoms with Gasteiger partial charge in [-0.1, -0.05) is 23.8 Å². The summed E-state index contributed by atoms with van der Waals surface area (Å²) < 4.78 is 0. The van der Waals surface area contributed by atoms with Gasteiger partial charge in [-0.2, -0.15) is 4.99 Å². The molecular formula is C22H26N4O2. The highest BCUT2D eigenvalue weighted by Gasteiger charge is 2.25. The second kappa shape index (κ2) is 8.25.